The van der Waals surface area contributed by atoms with Gasteiger partial charge in [-0.25, -0.2) is 18.6 Å². The number of nitrogens with zero attached hydrogens (tertiary/aromatic N) is 1. The number of hydrogen-bond donors (Lipinski definition) is 1. The summed E-state index contributed by atoms with van der Waals surface area (Å²) in [5.41, 5.74) is -1.13. The molecule has 0 aliphatic rings. The van der Waals surface area contributed by atoms with Crippen LogP contribution in [0.4, 0.5) is 8.78 Å². The number of halogens is 3. The molecule has 0 radical (unpaired) electrons. The van der Waals surface area contributed by atoms with Gasteiger partial charge in [0.2, 0.25) is 0 Å². The van der Waals surface area contributed by atoms with Gasteiger partial charge in [0.1, 0.15) is 15.0 Å². The molecule has 1 heterocycles. The Balaban J connectivity index is 3.34. The first-order valence-corrected chi connectivity index (χ1v) is 4.81. The van der Waals surface area contributed by atoms with Crippen LogP contribution < -0.4 is 0 Å². The third-order valence-electron chi connectivity index (χ3n) is 1.60. The van der Waals surface area contributed by atoms with Crippen molar-refractivity contribution >= 4 is 28.6 Å². The number of methoxy groups -OCH3 is 1. The smallest absolute Gasteiger partial charge is 0.341 e. The Morgan fingerprint density at radius 2 is 2.27 bits per heavy atom. The topological polar surface area (TPSA) is 59.4 Å². The van der Waals surface area contributed by atoms with Gasteiger partial charge in [-0.2, -0.15) is 0 Å². The first-order chi connectivity index (χ1) is 6.97. The van der Waals surface area contributed by atoms with Crippen molar-refractivity contribution in [3.8, 4) is 5.75 Å². The number of ether oxygens (including phenoxy) is 1. The third kappa shape index (κ3) is 2.52. The summed E-state index contributed by atoms with van der Waals surface area (Å²) >= 11 is 1.67. The number of aromatic hydroxyl groups is 1. The molecule has 4 nitrogen and oxygen atoms in total. The number of pyridine rings is 1. The summed E-state index contributed by atoms with van der Waals surface area (Å²) in [6.45, 7) is 0. The van der Waals surface area contributed by atoms with Crippen molar-refractivity contribution < 1.29 is 23.4 Å². The highest BCUT2D eigenvalue weighted by Crippen LogP contribution is 2.30. The second-order valence-electron chi connectivity index (χ2n) is 2.52. The number of carbonyl (C=O) groups is 1. The van der Waals surface area contributed by atoms with E-state index in [1.807, 2.05) is 0 Å². The molecule has 1 aromatic rings. The zero-order valence-electron chi connectivity index (χ0n) is 7.50. The zero-order valence-corrected chi connectivity index (χ0v) is 9.66. The summed E-state index contributed by atoms with van der Waals surface area (Å²) in [5, 5.41) is 9.34. The van der Waals surface area contributed by atoms with Crippen molar-refractivity contribution in [1.82, 2.24) is 4.98 Å². The van der Waals surface area contributed by atoms with Crippen LogP contribution in [0.25, 0.3) is 0 Å². The van der Waals surface area contributed by atoms with Gasteiger partial charge < -0.3 is 9.84 Å². The minimum Gasteiger partial charge on any atom is -0.505 e. The van der Waals surface area contributed by atoms with Gasteiger partial charge in [0.25, 0.3) is 6.43 Å². The van der Waals surface area contributed by atoms with Gasteiger partial charge >= 0.3 is 5.97 Å². The highest BCUT2D eigenvalue weighted by Gasteiger charge is 2.22. The number of hydrogen-bond acceptors (Lipinski definition) is 4. The third-order valence-corrected chi connectivity index (χ3v) is 2.15. The fraction of sp³-hybridized carbons (Fsp3) is 0.250. The van der Waals surface area contributed by atoms with Crippen molar-refractivity contribution in [1.29, 1.82) is 0 Å². The van der Waals surface area contributed by atoms with Crippen LogP contribution in [0.15, 0.2) is 6.07 Å². The molecular weight excluding hydrogens is 323 g/mol. The number of rotatable bonds is 2. The van der Waals surface area contributed by atoms with Crippen LogP contribution in [-0.2, 0) is 4.74 Å². The Bertz CT molecular complexity index is 398. The summed E-state index contributed by atoms with van der Waals surface area (Å²) in [4.78, 5) is 14.5. The molecule has 1 N–H and O–H groups in total. The van der Waals surface area contributed by atoms with Gasteiger partial charge in [-0.05, 0) is 28.7 Å². The molecular formula is C8H6F2INO3. The summed E-state index contributed by atoms with van der Waals surface area (Å²) in [6.07, 6.45) is -2.94. The molecule has 0 aromatic carbocycles. The van der Waals surface area contributed by atoms with Crippen LogP contribution in [-0.4, -0.2) is 23.2 Å². The first-order valence-electron chi connectivity index (χ1n) is 3.73. The van der Waals surface area contributed by atoms with Gasteiger partial charge in [-0.15, -0.1) is 0 Å². The number of aromatic nitrogens is 1. The molecule has 1 aromatic heterocycles. The number of alkyl halides is 2. The molecule has 0 saturated carbocycles. The normalized spacial score (nSPS) is 10.5. The molecule has 15 heavy (non-hydrogen) atoms. The monoisotopic (exact) mass is 329 g/mol. The molecule has 0 fully saturated rings. The lowest BCUT2D eigenvalue weighted by Crippen LogP contribution is -2.06. The molecule has 0 unspecified atom stereocenters. The van der Waals surface area contributed by atoms with Gasteiger partial charge in [-0.3, -0.25) is 0 Å². The first kappa shape index (κ1) is 12.1. The summed E-state index contributed by atoms with van der Waals surface area (Å²) in [6, 6.07) is 1.17. The Kier molecular flexibility index (Phi) is 3.77. The van der Waals surface area contributed by atoms with Crippen LogP contribution in [0.1, 0.15) is 22.5 Å². The molecule has 0 amide bonds. The molecule has 82 valence electrons. The Hall–Kier alpha value is -0.990. The minimum atomic E-state index is -2.94. The maximum Gasteiger partial charge on any atom is 0.341 e. The van der Waals surface area contributed by atoms with E-state index in [0.717, 1.165) is 7.11 Å². The summed E-state index contributed by atoms with van der Waals surface area (Å²) < 4.78 is 29.3. The lowest BCUT2D eigenvalue weighted by molar-refractivity contribution is 0.0595. The second kappa shape index (κ2) is 4.69. The maximum absolute atomic E-state index is 12.4. The van der Waals surface area contributed by atoms with E-state index >= 15 is 0 Å². The predicted octanol–water partition coefficient (Wildman–Crippen LogP) is 2.12. The highest BCUT2D eigenvalue weighted by molar-refractivity contribution is 14.1. The molecule has 1 rings (SSSR count). The lowest BCUT2D eigenvalue weighted by atomic mass is 10.2. The second-order valence-corrected chi connectivity index (χ2v) is 3.62. The Labute approximate surface area is 97.4 Å². The van der Waals surface area contributed by atoms with Crippen LogP contribution in [0.3, 0.4) is 0 Å². The number of esters is 1. The van der Waals surface area contributed by atoms with Gasteiger partial charge in [0.15, 0.2) is 5.75 Å². The van der Waals surface area contributed by atoms with E-state index in [-0.39, 0.29) is 9.26 Å². The van der Waals surface area contributed by atoms with Crippen molar-refractivity contribution in [3.63, 3.8) is 0 Å². The lowest BCUT2D eigenvalue weighted by Gasteiger charge is -2.07. The van der Waals surface area contributed by atoms with Gasteiger partial charge in [-0.1, -0.05) is 0 Å². The summed E-state index contributed by atoms with van der Waals surface area (Å²) in [5.74, 6) is -1.72. The van der Waals surface area contributed by atoms with Crippen molar-refractivity contribution in [2.45, 2.75) is 6.43 Å². The SMILES string of the molecule is COC(=O)c1cc(I)nc(C(F)F)c1O. The molecule has 0 bridgehead atoms. The molecule has 0 saturated heterocycles. The highest BCUT2D eigenvalue weighted by atomic mass is 127. The van der Waals surface area contributed by atoms with E-state index in [2.05, 4.69) is 9.72 Å². The van der Waals surface area contributed by atoms with E-state index in [0.29, 0.717) is 0 Å². The average Bonchev–Trinajstić information content (AvgIpc) is 2.19. The van der Waals surface area contributed by atoms with Crippen LogP contribution in [0.2, 0.25) is 0 Å². The van der Waals surface area contributed by atoms with Gasteiger partial charge in [0.05, 0.1) is 7.11 Å². The maximum atomic E-state index is 12.4. The Morgan fingerprint density at radius 3 is 2.73 bits per heavy atom. The van der Waals surface area contributed by atoms with E-state index in [1.54, 1.807) is 22.6 Å². The van der Waals surface area contributed by atoms with Crippen LogP contribution in [0, 0.1) is 3.70 Å². The van der Waals surface area contributed by atoms with Crippen LogP contribution in [0.5, 0.6) is 5.75 Å². The minimum absolute atomic E-state index is 0.182. The van der Waals surface area contributed by atoms with E-state index in [4.69, 9.17) is 0 Å². The van der Waals surface area contributed by atoms with Crippen molar-refractivity contribution in [2.75, 3.05) is 7.11 Å². The predicted molar refractivity (Wildman–Crippen MR) is 54.9 cm³/mol. The molecule has 0 atom stereocenters. The number of carbonyl (C=O) groups excluding carboxylic acids is 1. The Morgan fingerprint density at radius 1 is 1.67 bits per heavy atom. The molecule has 0 aliphatic heterocycles. The molecule has 0 spiro atoms. The molecule has 7 heteroatoms. The zero-order chi connectivity index (χ0) is 11.6. The average molecular weight is 329 g/mol. The fourth-order valence-electron chi connectivity index (χ4n) is 0.943. The van der Waals surface area contributed by atoms with Gasteiger partial charge in [0, 0.05) is 0 Å². The van der Waals surface area contributed by atoms with E-state index in [9.17, 15) is 18.7 Å². The largest absolute Gasteiger partial charge is 0.505 e. The summed E-state index contributed by atoms with van der Waals surface area (Å²) in [7, 11) is 1.09. The van der Waals surface area contributed by atoms with E-state index in [1.165, 1.54) is 6.07 Å². The quantitative estimate of drug-likeness (QED) is 0.513. The van der Waals surface area contributed by atoms with Crippen LogP contribution >= 0.6 is 22.6 Å². The fourth-order valence-corrected chi connectivity index (χ4v) is 1.51. The molecule has 0 aliphatic carbocycles. The standard InChI is InChI=1S/C8H6F2INO3/c1-15-8(14)3-2-4(11)12-5(6(3)13)7(9)10/h2,7,13H,1H3. The van der Waals surface area contributed by atoms with Crippen molar-refractivity contribution in [2.24, 2.45) is 0 Å². The van der Waals surface area contributed by atoms with Crippen molar-refractivity contribution in [3.05, 3.63) is 21.0 Å². The van der Waals surface area contributed by atoms with E-state index < -0.39 is 23.8 Å².